The fraction of sp³-hybridized carbons (Fsp3) is 0.100. The third kappa shape index (κ3) is 2.83. The molecule has 0 aromatic carbocycles. The van der Waals surface area contributed by atoms with Crippen LogP contribution in [0.4, 0.5) is 5.82 Å². The van der Waals surface area contributed by atoms with E-state index < -0.39 is 0 Å². The Balaban J connectivity index is 1.99. The maximum absolute atomic E-state index is 4.97. The molecular formula is C10H10N4OS. The SMILES string of the molecule is COc1cncc(NSc2cccnc2)n1. The largest absolute Gasteiger partial charge is 0.480 e. The summed E-state index contributed by atoms with van der Waals surface area (Å²) in [4.78, 5) is 13.2. The highest BCUT2D eigenvalue weighted by Crippen LogP contribution is 2.18. The van der Waals surface area contributed by atoms with Gasteiger partial charge < -0.3 is 9.46 Å². The number of anilines is 1. The summed E-state index contributed by atoms with van der Waals surface area (Å²) in [6.45, 7) is 0. The average molecular weight is 234 g/mol. The molecule has 82 valence electrons. The molecule has 5 nitrogen and oxygen atoms in total. The standard InChI is InChI=1S/C10H10N4OS/c1-15-10-7-12-6-9(13-10)14-16-8-3-2-4-11-5-8/h2-7H,1H3,(H,13,14). The number of aromatic nitrogens is 3. The summed E-state index contributed by atoms with van der Waals surface area (Å²) in [5.74, 6) is 1.13. The third-order valence-corrected chi connectivity index (χ3v) is 2.52. The van der Waals surface area contributed by atoms with Crippen LogP contribution in [0.25, 0.3) is 0 Å². The number of ether oxygens (including phenoxy) is 1. The molecule has 0 aliphatic rings. The molecule has 6 heteroatoms. The van der Waals surface area contributed by atoms with E-state index in [2.05, 4.69) is 19.7 Å². The molecule has 0 saturated carbocycles. The number of hydrogen-bond acceptors (Lipinski definition) is 6. The Morgan fingerprint density at radius 2 is 2.19 bits per heavy atom. The second kappa shape index (κ2) is 5.32. The van der Waals surface area contributed by atoms with Crippen LogP contribution in [0.2, 0.25) is 0 Å². The van der Waals surface area contributed by atoms with Crippen molar-refractivity contribution in [1.29, 1.82) is 0 Å². The molecule has 2 aromatic rings. The summed E-state index contributed by atoms with van der Waals surface area (Å²) in [7, 11) is 1.56. The van der Waals surface area contributed by atoms with Gasteiger partial charge in [-0.2, -0.15) is 4.98 Å². The number of pyridine rings is 1. The third-order valence-electron chi connectivity index (χ3n) is 1.73. The lowest BCUT2D eigenvalue weighted by molar-refractivity contribution is 0.396. The van der Waals surface area contributed by atoms with Gasteiger partial charge in [-0.1, -0.05) is 0 Å². The number of methoxy groups -OCH3 is 1. The summed E-state index contributed by atoms with van der Waals surface area (Å²) < 4.78 is 8.03. The van der Waals surface area contributed by atoms with E-state index in [4.69, 9.17) is 4.74 Å². The lowest BCUT2D eigenvalue weighted by Crippen LogP contribution is -1.94. The number of nitrogens with zero attached hydrogens (tertiary/aromatic N) is 3. The first kappa shape index (κ1) is 10.7. The second-order valence-electron chi connectivity index (χ2n) is 2.84. The Labute approximate surface area is 97.4 Å². The number of hydrogen-bond donors (Lipinski definition) is 1. The van der Waals surface area contributed by atoms with Crippen molar-refractivity contribution in [2.45, 2.75) is 4.90 Å². The minimum atomic E-state index is 0.483. The predicted molar refractivity (Wildman–Crippen MR) is 62.3 cm³/mol. The first-order chi connectivity index (χ1) is 7.88. The molecule has 1 N–H and O–H groups in total. The molecule has 0 radical (unpaired) electrons. The van der Waals surface area contributed by atoms with Crippen molar-refractivity contribution >= 4 is 17.8 Å². The summed E-state index contributed by atoms with van der Waals surface area (Å²) in [5, 5.41) is 0. The molecule has 0 saturated heterocycles. The van der Waals surface area contributed by atoms with Crippen molar-refractivity contribution in [2.24, 2.45) is 0 Å². The fourth-order valence-corrected chi connectivity index (χ4v) is 1.60. The lowest BCUT2D eigenvalue weighted by Gasteiger charge is -2.04. The minimum absolute atomic E-state index is 0.483. The first-order valence-electron chi connectivity index (χ1n) is 4.57. The molecule has 0 atom stereocenters. The summed E-state index contributed by atoms with van der Waals surface area (Å²) in [6.07, 6.45) is 6.69. The maximum atomic E-state index is 4.97. The molecule has 0 unspecified atom stereocenters. The van der Waals surface area contributed by atoms with E-state index in [1.54, 1.807) is 31.9 Å². The highest BCUT2D eigenvalue weighted by Gasteiger charge is 1.98. The number of rotatable bonds is 4. The first-order valence-corrected chi connectivity index (χ1v) is 5.39. The van der Waals surface area contributed by atoms with E-state index in [-0.39, 0.29) is 0 Å². The average Bonchev–Trinajstić information content (AvgIpc) is 2.38. The Morgan fingerprint density at radius 1 is 1.25 bits per heavy atom. The molecule has 0 amide bonds. The van der Waals surface area contributed by atoms with Crippen LogP contribution in [-0.2, 0) is 0 Å². The normalized spacial score (nSPS) is 9.81. The number of nitrogens with one attached hydrogen (secondary N) is 1. The second-order valence-corrected chi connectivity index (χ2v) is 3.72. The molecule has 0 aliphatic heterocycles. The zero-order valence-corrected chi connectivity index (χ0v) is 9.44. The van der Waals surface area contributed by atoms with Crippen molar-refractivity contribution in [3.05, 3.63) is 36.9 Å². The van der Waals surface area contributed by atoms with Gasteiger partial charge in [-0.3, -0.25) is 9.97 Å². The Hall–Kier alpha value is -1.82. The summed E-state index contributed by atoms with van der Waals surface area (Å²) in [6, 6.07) is 3.83. The van der Waals surface area contributed by atoms with Crippen LogP contribution in [0, 0.1) is 0 Å². The van der Waals surface area contributed by atoms with Crippen LogP contribution in [0.5, 0.6) is 5.88 Å². The van der Waals surface area contributed by atoms with Crippen molar-refractivity contribution in [3.8, 4) is 5.88 Å². The van der Waals surface area contributed by atoms with Gasteiger partial charge in [-0.15, -0.1) is 0 Å². The van der Waals surface area contributed by atoms with Gasteiger partial charge in [0.25, 0.3) is 0 Å². The summed E-state index contributed by atoms with van der Waals surface area (Å²) in [5.41, 5.74) is 0. The van der Waals surface area contributed by atoms with Crippen LogP contribution in [-0.4, -0.2) is 22.1 Å². The molecule has 0 fully saturated rings. The quantitative estimate of drug-likeness (QED) is 0.816. The van der Waals surface area contributed by atoms with Gasteiger partial charge in [0.15, 0.2) is 5.82 Å². The Kier molecular flexibility index (Phi) is 3.55. The van der Waals surface area contributed by atoms with Crippen LogP contribution in [0.1, 0.15) is 0 Å². The molecule has 2 heterocycles. The zero-order chi connectivity index (χ0) is 11.2. The van der Waals surface area contributed by atoms with E-state index in [9.17, 15) is 0 Å². The Bertz CT molecular complexity index is 452. The van der Waals surface area contributed by atoms with Crippen molar-refractivity contribution < 1.29 is 4.74 Å². The zero-order valence-electron chi connectivity index (χ0n) is 8.62. The minimum Gasteiger partial charge on any atom is -0.480 e. The smallest absolute Gasteiger partial charge is 0.234 e. The topological polar surface area (TPSA) is 59.9 Å². The lowest BCUT2D eigenvalue weighted by atomic mass is 10.5. The monoisotopic (exact) mass is 234 g/mol. The van der Waals surface area contributed by atoms with E-state index >= 15 is 0 Å². The van der Waals surface area contributed by atoms with Gasteiger partial charge in [0.1, 0.15) is 0 Å². The van der Waals surface area contributed by atoms with E-state index in [0.29, 0.717) is 11.7 Å². The molecular weight excluding hydrogens is 224 g/mol. The maximum Gasteiger partial charge on any atom is 0.234 e. The van der Waals surface area contributed by atoms with E-state index in [1.165, 1.54) is 11.9 Å². The van der Waals surface area contributed by atoms with Crippen LogP contribution in [0.3, 0.4) is 0 Å². The van der Waals surface area contributed by atoms with Gasteiger partial charge in [-0.25, -0.2) is 0 Å². The predicted octanol–water partition coefficient (Wildman–Crippen LogP) is 2.00. The van der Waals surface area contributed by atoms with Gasteiger partial charge in [0, 0.05) is 17.3 Å². The van der Waals surface area contributed by atoms with Crippen LogP contribution < -0.4 is 9.46 Å². The molecule has 0 bridgehead atoms. The van der Waals surface area contributed by atoms with Gasteiger partial charge in [0.05, 0.1) is 19.5 Å². The molecule has 16 heavy (non-hydrogen) atoms. The molecule has 2 aromatic heterocycles. The highest BCUT2D eigenvalue weighted by molar-refractivity contribution is 8.00. The van der Waals surface area contributed by atoms with Gasteiger partial charge in [0.2, 0.25) is 5.88 Å². The molecule has 2 rings (SSSR count). The van der Waals surface area contributed by atoms with E-state index in [1.807, 2.05) is 12.1 Å². The van der Waals surface area contributed by atoms with Crippen LogP contribution >= 0.6 is 11.9 Å². The van der Waals surface area contributed by atoms with Gasteiger partial charge >= 0.3 is 0 Å². The highest BCUT2D eigenvalue weighted by atomic mass is 32.2. The van der Waals surface area contributed by atoms with Crippen LogP contribution in [0.15, 0.2) is 41.8 Å². The van der Waals surface area contributed by atoms with Gasteiger partial charge in [-0.05, 0) is 24.1 Å². The Morgan fingerprint density at radius 3 is 2.94 bits per heavy atom. The summed E-state index contributed by atoms with van der Waals surface area (Å²) >= 11 is 1.42. The van der Waals surface area contributed by atoms with E-state index in [0.717, 1.165) is 4.90 Å². The fourth-order valence-electron chi connectivity index (χ4n) is 1.01. The van der Waals surface area contributed by atoms with Crippen molar-refractivity contribution in [2.75, 3.05) is 11.8 Å². The van der Waals surface area contributed by atoms with Crippen molar-refractivity contribution in [1.82, 2.24) is 15.0 Å². The molecule has 0 aliphatic carbocycles. The molecule has 0 spiro atoms. The van der Waals surface area contributed by atoms with Crippen molar-refractivity contribution in [3.63, 3.8) is 0 Å².